The Labute approximate surface area is 177 Å². The Kier molecular flexibility index (Phi) is 8.85. The predicted octanol–water partition coefficient (Wildman–Crippen LogP) is 3.69. The number of carbonyl (C=O) groups is 1. The molecule has 2 nitrogen and oxygen atoms in total. The van der Waals surface area contributed by atoms with Crippen molar-refractivity contribution in [2.45, 2.75) is 19.4 Å². The Hall–Kier alpha value is -2.33. The summed E-state index contributed by atoms with van der Waals surface area (Å²) in [7, 11) is 0. The van der Waals surface area contributed by atoms with E-state index in [2.05, 4.69) is 12.1 Å². The Morgan fingerprint density at radius 3 is 1.74 bits per heavy atom. The molecule has 0 saturated carbocycles. The Bertz CT molecular complexity index is 843. The van der Waals surface area contributed by atoms with Crippen LogP contribution in [0.2, 0.25) is 0 Å². The van der Waals surface area contributed by atoms with Crippen LogP contribution < -0.4 is 0 Å². The van der Waals surface area contributed by atoms with Gasteiger partial charge in [-0.3, -0.25) is 0 Å². The van der Waals surface area contributed by atoms with E-state index in [0.717, 1.165) is 11.1 Å². The Morgan fingerprint density at radius 1 is 0.704 bits per heavy atom. The zero-order valence-corrected chi connectivity index (χ0v) is 14.7. The van der Waals surface area contributed by atoms with Crippen LogP contribution in [0.25, 0.3) is 0 Å². The van der Waals surface area contributed by atoms with Crippen molar-refractivity contribution in [1.82, 2.24) is 0 Å². The maximum atomic E-state index is 12.7. The molecule has 0 aliphatic rings. The second-order valence-corrected chi connectivity index (χ2v) is 6.14. The molecule has 0 unspecified atom stereocenters. The summed E-state index contributed by atoms with van der Waals surface area (Å²) < 4.78 is 5.54. The second-order valence-electron chi connectivity index (χ2n) is 6.14. The first-order valence-corrected chi connectivity index (χ1v) is 8.79. The molecule has 0 spiro atoms. The summed E-state index contributed by atoms with van der Waals surface area (Å²) in [6.07, 6.45) is 3.26. The molecule has 0 atom stereocenters. The third kappa shape index (κ3) is 7.06. The summed E-state index contributed by atoms with van der Waals surface area (Å²) >= 11 is 0. The molecular formula is C24H26O2Sn. The standard InChI is InChI=1S/C24H22O2.Sn.4H/c25-24(26-19-22-14-8-3-9-15-22)23(18-21-12-6-2-7-13-21)17-16-20-10-4-1-5-11-20;;;;;/h1-15,17H,16,18-19H2;;;;;. The van der Waals surface area contributed by atoms with Crippen molar-refractivity contribution in [3.05, 3.63) is 119 Å². The SMILES string of the molecule is O=C(OCc1ccccc1)C(=CCc1ccccc1)Cc1ccccc1.[SnH4]. The molecule has 0 aliphatic heterocycles. The molecule has 0 aliphatic carbocycles. The number of hydrogen-bond acceptors (Lipinski definition) is 2. The van der Waals surface area contributed by atoms with Gasteiger partial charge in [0.2, 0.25) is 0 Å². The summed E-state index contributed by atoms with van der Waals surface area (Å²) in [5, 5.41) is 0. The van der Waals surface area contributed by atoms with Gasteiger partial charge in [0.05, 0.1) is 0 Å². The third-order valence-corrected chi connectivity index (χ3v) is 4.14. The van der Waals surface area contributed by atoms with E-state index in [-0.39, 0.29) is 36.5 Å². The Morgan fingerprint density at radius 2 is 1.19 bits per heavy atom. The van der Waals surface area contributed by atoms with Gasteiger partial charge in [-0.15, -0.1) is 0 Å². The summed E-state index contributed by atoms with van der Waals surface area (Å²) in [6.45, 7) is 0.289. The van der Waals surface area contributed by atoms with Crippen molar-refractivity contribution in [2.24, 2.45) is 0 Å². The zero-order chi connectivity index (χ0) is 18.0. The van der Waals surface area contributed by atoms with Crippen LogP contribution in [0, 0.1) is 0 Å². The topological polar surface area (TPSA) is 26.3 Å². The number of ether oxygens (including phenoxy) is 1. The van der Waals surface area contributed by atoms with E-state index in [1.54, 1.807) is 0 Å². The van der Waals surface area contributed by atoms with E-state index in [4.69, 9.17) is 4.74 Å². The first-order valence-electron chi connectivity index (χ1n) is 8.79. The van der Waals surface area contributed by atoms with Gasteiger partial charge >= 0.3 is 29.9 Å². The van der Waals surface area contributed by atoms with Crippen LogP contribution in [0.4, 0.5) is 0 Å². The van der Waals surface area contributed by atoms with E-state index >= 15 is 0 Å². The minimum atomic E-state index is -0.256. The van der Waals surface area contributed by atoms with Crippen LogP contribution in [-0.4, -0.2) is 29.9 Å². The van der Waals surface area contributed by atoms with E-state index in [9.17, 15) is 4.79 Å². The van der Waals surface area contributed by atoms with E-state index in [1.165, 1.54) is 5.56 Å². The molecule has 0 heterocycles. The van der Waals surface area contributed by atoms with Gasteiger partial charge in [-0.2, -0.15) is 0 Å². The van der Waals surface area contributed by atoms with Gasteiger partial charge in [0.25, 0.3) is 0 Å². The van der Waals surface area contributed by atoms with Gasteiger partial charge in [0.1, 0.15) is 6.61 Å². The summed E-state index contributed by atoms with van der Waals surface area (Å²) in [4.78, 5) is 12.7. The molecule has 27 heavy (non-hydrogen) atoms. The zero-order valence-electron chi connectivity index (χ0n) is 14.7. The molecular weight excluding hydrogens is 439 g/mol. The van der Waals surface area contributed by atoms with Crippen molar-refractivity contribution < 1.29 is 9.53 Å². The van der Waals surface area contributed by atoms with Gasteiger partial charge in [-0.1, -0.05) is 97.1 Å². The van der Waals surface area contributed by atoms with Crippen LogP contribution in [-0.2, 0) is 29.0 Å². The van der Waals surface area contributed by atoms with Gasteiger partial charge in [0.15, 0.2) is 0 Å². The second kappa shape index (κ2) is 11.4. The van der Waals surface area contributed by atoms with E-state index in [0.29, 0.717) is 18.4 Å². The monoisotopic (exact) mass is 466 g/mol. The fourth-order valence-electron chi connectivity index (χ4n) is 2.71. The van der Waals surface area contributed by atoms with Crippen LogP contribution in [0.1, 0.15) is 16.7 Å². The summed E-state index contributed by atoms with van der Waals surface area (Å²) in [6, 6.07) is 29.9. The average Bonchev–Trinajstić information content (AvgIpc) is 2.71. The van der Waals surface area contributed by atoms with Crippen LogP contribution in [0.15, 0.2) is 103 Å². The fraction of sp³-hybridized carbons (Fsp3) is 0.125. The van der Waals surface area contributed by atoms with Crippen molar-refractivity contribution in [3.8, 4) is 0 Å². The average molecular weight is 465 g/mol. The molecule has 138 valence electrons. The molecule has 0 radical (unpaired) electrons. The Balaban J connectivity index is 0.00000261. The summed E-state index contributed by atoms with van der Waals surface area (Å²) in [5.74, 6) is -0.256. The van der Waals surface area contributed by atoms with Crippen LogP contribution in [0.3, 0.4) is 0 Å². The number of allylic oxidation sites excluding steroid dienone is 1. The molecule has 0 bridgehead atoms. The van der Waals surface area contributed by atoms with Crippen molar-refractivity contribution in [3.63, 3.8) is 0 Å². The van der Waals surface area contributed by atoms with Crippen molar-refractivity contribution >= 4 is 29.9 Å². The molecule has 3 aromatic carbocycles. The van der Waals surface area contributed by atoms with Gasteiger partial charge < -0.3 is 4.74 Å². The molecule has 0 amide bonds. The van der Waals surface area contributed by atoms with E-state index in [1.807, 2.05) is 84.9 Å². The quantitative estimate of drug-likeness (QED) is 0.303. The van der Waals surface area contributed by atoms with Crippen molar-refractivity contribution in [2.75, 3.05) is 0 Å². The molecule has 0 fully saturated rings. The molecule has 0 N–H and O–H groups in total. The predicted molar refractivity (Wildman–Crippen MR) is 116 cm³/mol. The van der Waals surface area contributed by atoms with Gasteiger partial charge in [-0.25, -0.2) is 4.79 Å². The summed E-state index contributed by atoms with van der Waals surface area (Å²) in [5.41, 5.74) is 3.95. The maximum absolute atomic E-state index is 12.7. The van der Waals surface area contributed by atoms with E-state index < -0.39 is 0 Å². The van der Waals surface area contributed by atoms with Crippen LogP contribution >= 0.6 is 0 Å². The first-order chi connectivity index (χ1) is 12.8. The first kappa shape index (κ1) is 21.0. The molecule has 0 aromatic heterocycles. The van der Waals surface area contributed by atoms with Gasteiger partial charge in [0, 0.05) is 12.0 Å². The molecule has 0 saturated heterocycles. The molecule has 3 aromatic rings. The van der Waals surface area contributed by atoms with Gasteiger partial charge in [-0.05, 0) is 23.1 Å². The number of carbonyl (C=O) groups excluding carboxylic acids is 1. The number of esters is 1. The normalized spacial score (nSPS) is 10.7. The minimum absolute atomic E-state index is 0. The number of hydrogen-bond donors (Lipinski definition) is 0. The number of rotatable bonds is 7. The number of benzene rings is 3. The fourth-order valence-corrected chi connectivity index (χ4v) is 2.71. The van der Waals surface area contributed by atoms with Crippen LogP contribution in [0.5, 0.6) is 0 Å². The van der Waals surface area contributed by atoms with Crippen molar-refractivity contribution in [1.29, 1.82) is 0 Å². The third-order valence-electron chi connectivity index (χ3n) is 4.14. The molecule has 3 rings (SSSR count). The molecule has 3 heteroatoms.